The first kappa shape index (κ1) is 107. The Morgan fingerprint density at radius 1 is 0.301 bits per heavy atom. The zero-order valence-electron chi connectivity index (χ0n) is 78.6. The highest BCUT2D eigenvalue weighted by Crippen LogP contribution is 2.42. The van der Waals surface area contributed by atoms with Crippen molar-refractivity contribution in [3.05, 3.63) is 325 Å². The predicted molar refractivity (Wildman–Crippen MR) is 527 cm³/mol. The van der Waals surface area contributed by atoms with E-state index in [4.69, 9.17) is 56.7 Å². The molecule has 4 aliphatic carbocycles. The first-order valence-electron chi connectivity index (χ1n) is 45.9. The minimum absolute atomic E-state index is 0. The van der Waals surface area contributed by atoms with E-state index in [1.54, 1.807) is 139 Å². The third kappa shape index (κ3) is 34.8. The molecular formula is C113H124ClF8N3O11. The van der Waals surface area contributed by atoms with E-state index in [0.29, 0.717) is 61.9 Å². The third-order valence-corrected chi connectivity index (χ3v) is 23.8. The summed E-state index contributed by atoms with van der Waals surface area (Å²) >= 11 is 0. The number of ether oxygens (including phenoxy) is 7. The molecule has 12 aromatic rings. The van der Waals surface area contributed by atoms with Crippen LogP contribution in [-0.4, -0.2) is 93.5 Å². The number of halogens is 9. The van der Waals surface area contributed by atoms with Crippen LogP contribution >= 0.6 is 12.4 Å². The molecule has 0 bridgehead atoms. The zero-order valence-corrected chi connectivity index (χ0v) is 79.4. The molecule has 0 aromatic heterocycles. The molecule has 6 N–H and O–H groups in total. The summed E-state index contributed by atoms with van der Waals surface area (Å²) in [6.07, 6.45) is 12.5. The summed E-state index contributed by atoms with van der Waals surface area (Å²) in [5.41, 5.74) is 24.9. The highest BCUT2D eigenvalue weighted by atomic mass is 35.5. The van der Waals surface area contributed by atoms with Gasteiger partial charge in [-0.15, -0.1) is 12.4 Å². The number of nitrogens with zero attached hydrogens (tertiary/aromatic N) is 1. The molecule has 4 saturated carbocycles. The van der Waals surface area contributed by atoms with Crippen LogP contribution in [0.3, 0.4) is 0 Å². The fourth-order valence-electron chi connectivity index (χ4n) is 16.8. The van der Waals surface area contributed by atoms with Crippen molar-refractivity contribution in [3.8, 4) is 112 Å². The van der Waals surface area contributed by atoms with Gasteiger partial charge >= 0.3 is 12.3 Å². The normalized spacial score (nSPS) is 17.3. The summed E-state index contributed by atoms with van der Waals surface area (Å²) in [7, 11) is 2.00. The molecule has 0 unspecified atom stereocenters. The highest BCUT2D eigenvalue weighted by Gasteiger charge is 2.31. The number of hydrogen-bond donors (Lipinski definition) is 4. The van der Waals surface area contributed by atoms with Crippen LogP contribution in [0.1, 0.15) is 132 Å². The molecule has 4 fully saturated rings. The SMILES string of the molecule is CC(C)(C)OC(=O)OC(=O)OC(C)(C)C.CC[C@H]1CC[C@H](COc2cc(-c3ccc(F)cc3)cc(-c3ccc(F)cc3)c2)C1.CO.CO.Cl.NC[C@H]1CC[C@H](COc2cc(-c3ccc(F)cc3)cc(-c3ccc(F)cc3)c2)C1.NC[C@H]1CC[C@H](COc2cc(-c3ccc(F)cc3)cc(-c3ccc(F)cc3)c2)C1.[C-]#[N+][C@H]1CC[C@H](COc2cc(-c3ccc(F)cc3)cc(-c3ccc(F)cc3)c2)C1. The fraction of sp³-hybridized carbons (Fsp3) is 0.336. The Morgan fingerprint density at radius 2 is 0.485 bits per heavy atom. The first-order chi connectivity index (χ1) is 64.9. The van der Waals surface area contributed by atoms with Gasteiger partial charge in [0.2, 0.25) is 6.04 Å². The predicted octanol–water partition coefficient (Wildman–Crippen LogP) is 28.9. The van der Waals surface area contributed by atoms with Crippen molar-refractivity contribution in [2.45, 2.75) is 149 Å². The average molecular weight is 1890 g/mol. The molecule has 0 radical (unpaired) electrons. The number of nitrogens with two attached hydrogens (primary N) is 2. The second-order valence-corrected chi connectivity index (χ2v) is 36.3. The van der Waals surface area contributed by atoms with Gasteiger partial charge in [-0.25, -0.2) is 51.3 Å². The van der Waals surface area contributed by atoms with E-state index in [0.717, 1.165) is 190 Å². The van der Waals surface area contributed by atoms with Crippen molar-refractivity contribution in [2.75, 3.05) is 53.7 Å². The maximum Gasteiger partial charge on any atom is 0.519 e. The number of carbonyl (C=O) groups excluding carboxylic acids is 2. The summed E-state index contributed by atoms with van der Waals surface area (Å²) in [6, 6.07) is 75.3. The molecule has 0 aliphatic heterocycles. The highest BCUT2D eigenvalue weighted by molar-refractivity contribution is 5.85. The molecule has 14 nitrogen and oxygen atoms in total. The van der Waals surface area contributed by atoms with E-state index in [1.807, 2.05) is 72.8 Å². The topological polar surface area (TPSA) is 196 Å². The van der Waals surface area contributed by atoms with Crippen LogP contribution in [-0.2, 0) is 14.2 Å². The van der Waals surface area contributed by atoms with Crippen LogP contribution in [0.15, 0.2) is 267 Å². The van der Waals surface area contributed by atoms with Gasteiger partial charge in [0.15, 0.2) is 0 Å². The van der Waals surface area contributed by atoms with Gasteiger partial charge in [0, 0.05) is 33.0 Å². The van der Waals surface area contributed by atoms with Crippen molar-refractivity contribution in [3.63, 3.8) is 0 Å². The molecule has 4 aliphatic rings. The van der Waals surface area contributed by atoms with Crippen LogP contribution in [0.4, 0.5) is 44.7 Å². The van der Waals surface area contributed by atoms with Crippen molar-refractivity contribution in [1.82, 2.24) is 0 Å². The molecule has 0 spiro atoms. The minimum atomic E-state index is -1.06. The van der Waals surface area contributed by atoms with E-state index in [1.165, 1.54) is 136 Å². The molecule has 136 heavy (non-hydrogen) atoms. The lowest BCUT2D eigenvalue weighted by Gasteiger charge is -2.20. The average Bonchev–Trinajstić information content (AvgIpc) is 1.00. The number of aliphatic hydroxyl groups excluding tert-OH is 2. The summed E-state index contributed by atoms with van der Waals surface area (Å²) in [5, 5.41) is 14.0. The lowest BCUT2D eigenvalue weighted by molar-refractivity contribution is -0.0294. The summed E-state index contributed by atoms with van der Waals surface area (Å²) in [6.45, 7) is 23.6. The second-order valence-electron chi connectivity index (χ2n) is 36.3. The lowest BCUT2D eigenvalue weighted by atomic mass is 9.98. The van der Waals surface area contributed by atoms with E-state index < -0.39 is 23.5 Å². The van der Waals surface area contributed by atoms with Crippen LogP contribution in [0.2, 0.25) is 0 Å². The van der Waals surface area contributed by atoms with Gasteiger partial charge < -0.3 is 59.7 Å². The van der Waals surface area contributed by atoms with Gasteiger partial charge in [0.25, 0.3) is 0 Å². The van der Waals surface area contributed by atoms with Crippen molar-refractivity contribution >= 4 is 24.7 Å². The second kappa shape index (κ2) is 53.2. The molecular weight excluding hydrogens is 1760 g/mol. The van der Waals surface area contributed by atoms with Crippen molar-refractivity contribution in [1.29, 1.82) is 0 Å². The van der Waals surface area contributed by atoms with E-state index in [2.05, 4.69) is 16.5 Å². The van der Waals surface area contributed by atoms with E-state index in [9.17, 15) is 44.7 Å². The number of aliphatic hydroxyl groups is 2. The molecule has 8 atom stereocenters. The van der Waals surface area contributed by atoms with Gasteiger partial charge in [0.05, 0.1) is 26.4 Å². The molecule has 720 valence electrons. The maximum atomic E-state index is 13.4. The Morgan fingerprint density at radius 3 is 0.654 bits per heavy atom. The van der Waals surface area contributed by atoms with Gasteiger partial charge in [0.1, 0.15) is 80.7 Å². The van der Waals surface area contributed by atoms with Gasteiger partial charge in [-0.1, -0.05) is 117 Å². The zero-order chi connectivity index (χ0) is 97.1. The Hall–Kier alpha value is -12.4. The molecule has 23 heteroatoms. The van der Waals surface area contributed by atoms with Gasteiger partial charge in [-0.3, -0.25) is 0 Å². The van der Waals surface area contributed by atoms with Gasteiger partial charge in [-0.2, -0.15) is 0 Å². The van der Waals surface area contributed by atoms with Crippen LogP contribution in [0, 0.1) is 94.5 Å². The first-order valence-corrected chi connectivity index (χ1v) is 45.9. The molecule has 0 saturated heterocycles. The molecule has 0 heterocycles. The van der Waals surface area contributed by atoms with Gasteiger partial charge in [-0.05, 0) is 407 Å². The van der Waals surface area contributed by atoms with Crippen molar-refractivity contribution < 1.29 is 88.1 Å². The van der Waals surface area contributed by atoms with E-state index >= 15 is 0 Å². The van der Waals surface area contributed by atoms with E-state index in [-0.39, 0.29) is 65.0 Å². The quantitative estimate of drug-likeness (QED) is 0.0205. The fourth-order valence-corrected chi connectivity index (χ4v) is 16.8. The number of carbonyl (C=O) groups is 2. The Kier molecular flexibility index (Phi) is 42.0. The smallest absolute Gasteiger partial charge is 0.493 e. The third-order valence-electron chi connectivity index (χ3n) is 23.8. The maximum absolute atomic E-state index is 13.4. The van der Waals surface area contributed by atoms with Crippen molar-refractivity contribution in [2.24, 2.45) is 52.9 Å². The minimum Gasteiger partial charge on any atom is -0.493 e. The number of rotatable bonds is 23. The molecule has 12 aromatic carbocycles. The van der Waals surface area contributed by atoms with Crippen LogP contribution < -0.4 is 30.4 Å². The van der Waals surface area contributed by atoms with Crippen LogP contribution in [0.25, 0.3) is 93.9 Å². The molecule has 0 amide bonds. The molecule has 16 rings (SSSR count). The standard InChI is InChI=1S/C26H26F2O.C25H21F2NO.2C25H25F2NO.C10H18O5.2CH4O.ClH/c1-2-18-3-4-19(13-18)17-29-26-15-22(20-5-9-24(27)10-6-20)14-23(16-26)21-7-11-25(28)12-8-21;1-28-24-11-2-17(12-24)16-29-25-14-20(18-3-7-22(26)8-4-18)13-21(15-25)19-5-9-23(27)10-6-19;2*26-23-7-3-19(4-8-23)21-12-22(20-5-9-24(27)10-6-20)14-25(13-21)29-16-18-2-1-17(11-18)15-28;1-9(2,3)14-7(11)13-8(12)15-10(4,5)6;2*1-2;/h5-12,14-16,18-19H,2-4,13,17H2,1H3;3-10,13-15,17,24H,2,11-12,16H2;2*3-10,12-14,17-18H,1-2,11,15-16,28H2;1-6H3;2*2H,1H3;1H/t18-,19-;17-,24-;2*17-,18-;;;;/m0000..../s1. The summed E-state index contributed by atoms with van der Waals surface area (Å²) in [4.78, 5) is 25.7. The largest absolute Gasteiger partial charge is 0.519 e. The Labute approximate surface area is 800 Å². The number of benzene rings is 12. The number of hydrogen-bond acceptors (Lipinski definition) is 13. The Bertz CT molecular complexity index is 5060. The van der Waals surface area contributed by atoms with Crippen LogP contribution in [0.5, 0.6) is 23.0 Å². The summed E-state index contributed by atoms with van der Waals surface area (Å²) < 4.78 is 145. The monoisotopic (exact) mass is 1890 g/mol. The Balaban J connectivity index is 0.000000191. The lowest BCUT2D eigenvalue weighted by Crippen LogP contribution is -2.29. The summed E-state index contributed by atoms with van der Waals surface area (Å²) in [5.74, 6) is 4.95.